The van der Waals surface area contributed by atoms with Gasteiger partial charge >= 0.3 is 0 Å². The summed E-state index contributed by atoms with van der Waals surface area (Å²) in [5.41, 5.74) is 14.1. The van der Waals surface area contributed by atoms with Crippen LogP contribution in [-0.2, 0) is 0 Å². The monoisotopic (exact) mass is 1300 g/mol. The van der Waals surface area contributed by atoms with Crippen molar-refractivity contribution in [1.82, 2.24) is 0 Å². The fourth-order valence-electron chi connectivity index (χ4n) is 10.1. The lowest BCUT2D eigenvalue weighted by atomic mass is 10.0. The molecule has 10 N–H and O–H groups in total. The maximum Gasteiger partial charge on any atom is 0.0578 e. The normalized spacial score (nSPS) is 13.3. The molecule has 0 aliphatic carbocycles. The first-order valence-electron chi connectivity index (χ1n) is 36.7. The molecule has 0 bridgehead atoms. The van der Waals surface area contributed by atoms with E-state index in [4.69, 9.17) is 0 Å². The topological polar surface area (TPSA) is 120 Å². The minimum Gasteiger partial charge on any atom is -0.383 e. The molecule has 7 aromatic carbocycles. The fourth-order valence-corrected chi connectivity index (χ4v) is 10.1. The summed E-state index contributed by atoms with van der Waals surface area (Å²) in [5.74, 6) is 3.05. The van der Waals surface area contributed by atoms with Crippen molar-refractivity contribution in [1.29, 1.82) is 0 Å². The molecule has 524 valence electrons. The van der Waals surface area contributed by atoms with Crippen LogP contribution < -0.4 is 53.2 Å². The average Bonchev–Trinajstić information content (AvgIpc) is 1.12. The molecule has 0 fully saturated rings. The molecule has 10 nitrogen and oxygen atoms in total. The Morgan fingerprint density at radius 2 is 0.411 bits per heavy atom. The van der Waals surface area contributed by atoms with Crippen molar-refractivity contribution >= 4 is 68.2 Å². The van der Waals surface area contributed by atoms with Gasteiger partial charge in [0.1, 0.15) is 0 Å². The summed E-state index contributed by atoms with van der Waals surface area (Å²) in [4.78, 5) is 0. The van der Waals surface area contributed by atoms with Gasteiger partial charge in [0, 0.05) is 105 Å². The summed E-state index contributed by atoms with van der Waals surface area (Å²) < 4.78 is 0. The smallest absolute Gasteiger partial charge is 0.0578 e. The number of hydrogen-bond donors (Lipinski definition) is 10. The zero-order chi connectivity index (χ0) is 69.9. The fraction of sp³-hybridized carbons (Fsp3) is 0.506. The van der Waals surface area contributed by atoms with E-state index in [-0.39, 0.29) is 0 Å². The molecule has 0 spiro atoms. The molecular formula is C85H134N10. The molecular weight excluding hydrogens is 1160 g/mol. The van der Waals surface area contributed by atoms with Gasteiger partial charge in [0.25, 0.3) is 0 Å². The van der Waals surface area contributed by atoms with Gasteiger partial charge in [-0.3, -0.25) is 0 Å². The highest BCUT2D eigenvalue weighted by molar-refractivity contribution is 5.69. The van der Waals surface area contributed by atoms with E-state index in [2.05, 4.69) is 337 Å². The summed E-state index contributed by atoms with van der Waals surface area (Å²) in [6.45, 7) is 44.8. The van der Waals surface area contributed by atoms with Crippen LogP contribution in [-0.4, -0.2) is 48.3 Å². The molecule has 0 amide bonds. The van der Waals surface area contributed by atoms with Crippen LogP contribution in [0.1, 0.15) is 209 Å². The van der Waals surface area contributed by atoms with Crippen molar-refractivity contribution in [2.75, 3.05) is 53.2 Å². The van der Waals surface area contributed by atoms with Crippen LogP contribution in [0.4, 0.5) is 68.2 Å². The molecule has 0 saturated heterocycles. The first kappa shape index (κ1) is 81.8. The summed E-state index contributed by atoms with van der Waals surface area (Å²) >= 11 is 0. The molecule has 8 unspecified atom stereocenters. The molecule has 0 saturated carbocycles. The molecule has 10 heteroatoms. The Kier molecular flexibility index (Phi) is 40.8. The van der Waals surface area contributed by atoms with E-state index in [0.29, 0.717) is 48.3 Å². The third-order valence-electron chi connectivity index (χ3n) is 16.7. The minimum absolute atomic E-state index is 0.503. The molecule has 0 aliphatic rings. The molecule has 0 aromatic heterocycles. The van der Waals surface area contributed by atoms with Gasteiger partial charge in [0.05, 0.1) is 11.4 Å². The SMILES string of the molecule is CC(C)CC(C)Nc1ccc(Nc2ccccc2)cc1.CC(C)CCC(C)Nc1ccc(NC(C)CCC(C)C)cc1.CC(C)CCC(C)Nc1ccc(Nc2ccccc2)cc1.CCC(C)Nc1ccc(NC(C)CC)cc1.CCC(C)Nc1ccccc1NC(C)CC. The molecule has 0 heterocycles. The van der Waals surface area contributed by atoms with Crippen LogP contribution >= 0.6 is 0 Å². The second kappa shape index (κ2) is 47.4. The van der Waals surface area contributed by atoms with Crippen LogP contribution in [0.5, 0.6) is 0 Å². The Morgan fingerprint density at radius 3 is 0.653 bits per heavy atom. The first-order chi connectivity index (χ1) is 45.4. The minimum atomic E-state index is 0.503. The molecule has 95 heavy (non-hydrogen) atoms. The number of para-hydroxylation sites is 4. The third kappa shape index (κ3) is 38.6. The van der Waals surface area contributed by atoms with E-state index in [1.165, 1.54) is 90.4 Å². The molecule has 0 radical (unpaired) electrons. The zero-order valence-corrected chi connectivity index (χ0v) is 63.0. The number of anilines is 12. The molecule has 8 atom stereocenters. The number of hydrogen-bond acceptors (Lipinski definition) is 10. The largest absolute Gasteiger partial charge is 0.383 e. The van der Waals surface area contributed by atoms with Gasteiger partial charge in [-0.05, 0) is 283 Å². The van der Waals surface area contributed by atoms with E-state index in [1.54, 1.807) is 0 Å². The third-order valence-corrected chi connectivity index (χ3v) is 16.7. The number of nitrogens with one attached hydrogen (secondary N) is 10. The van der Waals surface area contributed by atoms with Crippen LogP contribution in [0.2, 0.25) is 0 Å². The van der Waals surface area contributed by atoms with E-state index in [0.717, 1.165) is 72.1 Å². The maximum atomic E-state index is 3.59. The first-order valence-corrected chi connectivity index (χ1v) is 36.7. The van der Waals surface area contributed by atoms with Gasteiger partial charge in [-0.25, -0.2) is 0 Å². The Bertz CT molecular complexity index is 2850. The Morgan fingerprint density at radius 1 is 0.200 bits per heavy atom. The van der Waals surface area contributed by atoms with Gasteiger partial charge < -0.3 is 53.2 Å². The molecule has 7 aromatic rings. The second-order valence-electron chi connectivity index (χ2n) is 28.4. The van der Waals surface area contributed by atoms with Gasteiger partial charge in [-0.15, -0.1) is 0 Å². The highest BCUT2D eigenvalue weighted by Crippen LogP contribution is 2.26. The predicted octanol–water partition coefficient (Wildman–Crippen LogP) is 25.3. The number of benzene rings is 7. The van der Waals surface area contributed by atoms with Crippen LogP contribution in [0.25, 0.3) is 0 Å². The van der Waals surface area contributed by atoms with Crippen molar-refractivity contribution in [2.45, 2.75) is 257 Å². The van der Waals surface area contributed by atoms with Crippen molar-refractivity contribution in [2.24, 2.45) is 23.7 Å². The lowest BCUT2D eigenvalue weighted by Gasteiger charge is -2.20. The highest BCUT2D eigenvalue weighted by atomic mass is 15.0. The lowest BCUT2D eigenvalue weighted by molar-refractivity contribution is 0.527. The van der Waals surface area contributed by atoms with E-state index in [1.807, 2.05) is 36.4 Å². The van der Waals surface area contributed by atoms with Gasteiger partial charge in [-0.2, -0.15) is 0 Å². The zero-order valence-electron chi connectivity index (χ0n) is 63.0. The van der Waals surface area contributed by atoms with Crippen LogP contribution in [0.3, 0.4) is 0 Å². The van der Waals surface area contributed by atoms with Crippen LogP contribution in [0.15, 0.2) is 182 Å². The Hall–Kier alpha value is -7.46. The standard InChI is InChI=1S/C20H36N2.C19H26N2.C18H24N2.2C14H24N2/c1-15(2)7-9-17(5)21-19-11-13-20(14-12-19)22-18(6)10-8-16(3)4;1-15(2)9-10-16(3)20-18-11-13-19(14-12-18)21-17-7-5-4-6-8-17;1-14(2)13-15(3)19-17-9-11-18(12-10-17)20-16-7-5-4-6-8-16;1-5-11(3)15-13-7-9-14(10-8-13)16-12(4)6-2;1-5-11(3)15-13-9-7-8-10-14(13)16-12(4)6-2/h11-18,21-22H,7-10H2,1-6H3;4-8,11-16,20-21H,9-10H2,1-3H3;4-12,14-15,19-20H,13H2,1-3H3;2*7-12,15-16H,5-6H2,1-4H3. The quantitative estimate of drug-likeness (QED) is 0.0188. The summed E-state index contributed by atoms with van der Waals surface area (Å²) in [5, 5.41) is 35.0. The van der Waals surface area contributed by atoms with Gasteiger partial charge in [-0.1, -0.05) is 132 Å². The van der Waals surface area contributed by atoms with Crippen molar-refractivity contribution in [3.63, 3.8) is 0 Å². The van der Waals surface area contributed by atoms with Crippen molar-refractivity contribution in [3.05, 3.63) is 182 Å². The van der Waals surface area contributed by atoms with Crippen LogP contribution in [0, 0.1) is 23.7 Å². The maximum absolute atomic E-state index is 3.59. The van der Waals surface area contributed by atoms with Crippen molar-refractivity contribution in [3.8, 4) is 0 Å². The van der Waals surface area contributed by atoms with Gasteiger partial charge in [0.2, 0.25) is 0 Å². The summed E-state index contributed by atoms with van der Waals surface area (Å²) in [7, 11) is 0. The van der Waals surface area contributed by atoms with Crippen molar-refractivity contribution < 1.29 is 0 Å². The molecule has 0 aliphatic heterocycles. The number of rotatable bonds is 35. The Labute approximate surface area is 581 Å². The summed E-state index contributed by atoms with van der Waals surface area (Å²) in [6.07, 6.45) is 13.2. The van der Waals surface area contributed by atoms with E-state index < -0.39 is 0 Å². The predicted molar refractivity (Wildman–Crippen MR) is 429 cm³/mol. The van der Waals surface area contributed by atoms with E-state index in [9.17, 15) is 0 Å². The van der Waals surface area contributed by atoms with E-state index >= 15 is 0 Å². The highest BCUT2D eigenvalue weighted by Gasteiger charge is 2.11. The lowest BCUT2D eigenvalue weighted by Crippen LogP contribution is -2.18. The average molecular weight is 1300 g/mol. The van der Waals surface area contributed by atoms with Gasteiger partial charge in [0.15, 0.2) is 0 Å². The summed E-state index contributed by atoms with van der Waals surface area (Å²) in [6, 6.07) is 67.3. The Balaban J connectivity index is 0.000000311. The second-order valence-corrected chi connectivity index (χ2v) is 28.4. The molecule has 7 rings (SSSR count).